The number of unbranched alkanes of at least 4 members (excludes halogenated alkanes) is 1. The molecule has 0 rings (SSSR count). The third-order valence-electron chi connectivity index (χ3n) is 2.63. The van der Waals surface area contributed by atoms with E-state index in [0.29, 0.717) is 5.41 Å². The first-order valence-corrected chi connectivity index (χ1v) is 6.17. The van der Waals surface area contributed by atoms with Crippen molar-refractivity contribution < 1.29 is 0 Å². The molecule has 0 saturated heterocycles. The van der Waals surface area contributed by atoms with Gasteiger partial charge in [0.25, 0.3) is 0 Å². The van der Waals surface area contributed by atoms with Gasteiger partial charge < -0.3 is 0 Å². The summed E-state index contributed by atoms with van der Waals surface area (Å²) in [7, 11) is 0. The van der Waals surface area contributed by atoms with Crippen molar-refractivity contribution in [3.63, 3.8) is 0 Å². The molecule has 0 aliphatic rings. The average Bonchev–Trinajstić information content (AvgIpc) is 2.11. The van der Waals surface area contributed by atoms with Crippen molar-refractivity contribution in [2.75, 3.05) is 12.8 Å². The SMILES string of the molecule is CCCC[C@](C)(CC)CNSC. The average molecular weight is 189 g/mol. The molecule has 1 nitrogen and oxygen atoms in total. The zero-order valence-electron chi connectivity index (χ0n) is 8.94. The predicted molar refractivity (Wildman–Crippen MR) is 59.4 cm³/mol. The molecular formula is C10H23NS. The fourth-order valence-corrected chi connectivity index (χ4v) is 1.73. The Bertz CT molecular complexity index is 96.0. The van der Waals surface area contributed by atoms with Crippen LogP contribution in [0.2, 0.25) is 0 Å². The number of hydrogen-bond acceptors (Lipinski definition) is 2. The van der Waals surface area contributed by atoms with Crippen LogP contribution in [0.25, 0.3) is 0 Å². The van der Waals surface area contributed by atoms with E-state index in [1.807, 2.05) is 0 Å². The van der Waals surface area contributed by atoms with Gasteiger partial charge in [0.05, 0.1) is 0 Å². The Balaban J connectivity index is 3.70. The van der Waals surface area contributed by atoms with Gasteiger partial charge in [-0.2, -0.15) is 0 Å². The van der Waals surface area contributed by atoms with Crippen LogP contribution in [0.3, 0.4) is 0 Å². The van der Waals surface area contributed by atoms with Gasteiger partial charge in [-0.05, 0) is 24.5 Å². The largest absolute Gasteiger partial charge is 0.264 e. The summed E-state index contributed by atoms with van der Waals surface area (Å²) in [4.78, 5) is 0. The second-order valence-corrected chi connectivity index (χ2v) is 4.49. The molecule has 0 aromatic carbocycles. The van der Waals surface area contributed by atoms with E-state index in [0.717, 1.165) is 6.54 Å². The first-order chi connectivity index (χ1) is 5.68. The summed E-state index contributed by atoms with van der Waals surface area (Å²) in [5.74, 6) is 0. The maximum absolute atomic E-state index is 3.37. The molecule has 0 aliphatic carbocycles. The zero-order valence-corrected chi connectivity index (χ0v) is 9.76. The topological polar surface area (TPSA) is 12.0 Å². The first kappa shape index (κ1) is 12.3. The van der Waals surface area contributed by atoms with Crippen molar-refractivity contribution in [1.29, 1.82) is 0 Å². The van der Waals surface area contributed by atoms with Crippen LogP contribution in [-0.2, 0) is 0 Å². The van der Waals surface area contributed by atoms with Crippen LogP contribution < -0.4 is 4.72 Å². The lowest BCUT2D eigenvalue weighted by Gasteiger charge is -2.27. The molecule has 0 fully saturated rings. The smallest absolute Gasteiger partial charge is 0.0112 e. The highest BCUT2D eigenvalue weighted by molar-refractivity contribution is 7.96. The Morgan fingerprint density at radius 2 is 2.00 bits per heavy atom. The molecule has 0 bridgehead atoms. The van der Waals surface area contributed by atoms with E-state index >= 15 is 0 Å². The van der Waals surface area contributed by atoms with Gasteiger partial charge in [0.15, 0.2) is 0 Å². The van der Waals surface area contributed by atoms with Crippen LogP contribution in [0.1, 0.15) is 46.5 Å². The van der Waals surface area contributed by atoms with Crippen molar-refractivity contribution >= 4 is 11.9 Å². The molecule has 0 spiro atoms. The van der Waals surface area contributed by atoms with E-state index in [2.05, 4.69) is 31.7 Å². The van der Waals surface area contributed by atoms with E-state index in [1.54, 1.807) is 11.9 Å². The predicted octanol–water partition coefficient (Wildman–Crippen LogP) is 3.46. The van der Waals surface area contributed by atoms with Gasteiger partial charge >= 0.3 is 0 Å². The number of hydrogen-bond donors (Lipinski definition) is 1. The second kappa shape index (κ2) is 6.79. The maximum Gasteiger partial charge on any atom is 0.0112 e. The molecular weight excluding hydrogens is 166 g/mol. The second-order valence-electron chi connectivity index (χ2n) is 3.79. The Morgan fingerprint density at radius 1 is 1.33 bits per heavy atom. The third-order valence-corrected chi connectivity index (χ3v) is 3.06. The van der Waals surface area contributed by atoms with Gasteiger partial charge in [0, 0.05) is 6.54 Å². The summed E-state index contributed by atoms with van der Waals surface area (Å²) in [5, 5.41) is 0. The van der Waals surface area contributed by atoms with Crippen LogP contribution in [0, 0.1) is 5.41 Å². The lowest BCUT2D eigenvalue weighted by atomic mass is 9.82. The van der Waals surface area contributed by atoms with Crippen LogP contribution in [-0.4, -0.2) is 12.8 Å². The highest BCUT2D eigenvalue weighted by Gasteiger charge is 2.20. The summed E-state index contributed by atoms with van der Waals surface area (Å²) in [6.45, 7) is 8.08. The minimum atomic E-state index is 0.513. The maximum atomic E-state index is 3.37. The van der Waals surface area contributed by atoms with Crippen LogP contribution in [0.5, 0.6) is 0 Å². The molecule has 0 aliphatic heterocycles. The summed E-state index contributed by atoms with van der Waals surface area (Å²) >= 11 is 1.73. The Hall–Kier alpha value is 0.310. The molecule has 1 atom stereocenters. The van der Waals surface area contributed by atoms with E-state index in [4.69, 9.17) is 0 Å². The van der Waals surface area contributed by atoms with Gasteiger partial charge in [-0.15, -0.1) is 0 Å². The van der Waals surface area contributed by atoms with E-state index in [9.17, 15) is 0 Å². The minimum Gasteiger partial charge on any atom is -0.264 e. The van der Waals surface area contributed by atoms with E-state index in [-0.39, 0.29) is 0 Å². The molecule has 0 aromatic rings. The van der Waals surface area contributed by atoms with Crippen molar-refractivity contribution in [2.24, 2.45) is 5.41 Å². The summed E-state index contributed by atoms with van der Waals surface area (Å²) in [6.07, 6.45) is 7.40. The van der Waals surface area contributed by atoms with Crippen molar-refractivity contribution in [1.82, 2.24) is 4.72 Å². The van der Waals surface area contributed by atoms with Crippen molar-refractivity contribution in [3.05, 3.63) is 0 Å². The number of nitrogens with one attached hydrogen (secondary N) is 1. The van der Waals surface area contributed by atoms with E-state index < -0.39 is 0 Å². The van der Waals surface area contributed by atoms with Crippen LogP contribution in [0.4, 0.5) is 0 Å². The molecule has 74 valence electrons. The summed E-state index contributed by atoms with van der Waals surface area (Å²) in [5.41, 5.74) is 0.513. The Labute approximate surface area is 81.8 Å². The lowest BCUT2D eigenvalue weighted by Crippen LogP contribution is -2.27. The van der Waals surface area contributed by atoms with Crippen molar-refractivity contribution in [2.45, 2.75) is 46.5 Å². The fourth-order valence-electron chi connectivity index (χ4n) is 1.24. The number of rotatable bonds is 7. The molecule has 0 heterocycles. The first-order valence-electron chi connectivity index (χ1n) is 4.94. The molecule has 12 heavy (non-hydrogen) atoms. The molecule has 0 unspecified atom stereocenters. The third kappa shape index (κ3) is 5.04. The zero-order chi connectivity index (χ0) is 9.45. The van der Waals surface area contributed by atoms with E-state index in [1.165, 1.54) is 25.7 Å². The molecule has 2 heteroatoms. The van der Waals surface area contributed by atoms with Gasteiger partial charge in [0.2, 0.25) is 0 Å². The van der Waals surface area contributed by atoms with Crippen LogP contribution >= 0.6 is 11.9 Å². The summed E-state index contributed by atoms with van der Waals surface area (Å²) in [6, 6.07) is 0. The molecule has 0 amide bonds. The van der Waals surface area contributed by atoms with Crippen molar-refractivity contribution in [3.8, 4) is 0 Å². The lowest BCUT2D eigenvalue weighted by molar-refractivity contribution is 0.280. The minimum absolute atomic E-state index is 0.513. The Kier molecular flexibility index (Phi) is 6.96. The molecule has 1 N–H and O–H groups in total. The monoisotopic (exact) mass is 189 g/mol. The fraction of sp³-hybridized carbons (Fsp3) is 1.00. The molecule has 0 aromatic heterocycles. The molecule has 0 radical (unpaired) electrons. The summed E-state index contributed by atoms with van der Waals surface area (Å²) < 4.78 is 3.37. The Morgan fingerprint density at radius 3 is 2.42 bits per heavy atom. The van der Waals surface area contributed by atoms with Gasteiger partial charge in [0.1, 0.15) is 0 Å². The van der Waals surface area contributed by atoms with Gasteiger partial charge in [-0.1, -0.05) is 45.6 Å². The standard InChI is InChI=1S/C10H23NS/c1-5-7-8-10(3,6-2)9-11-12-4/h11H,5-9H2,1-4H3/t10-/m0/s1. The normalized spacial score (nSPS) is 16.0. The highest BCUT2D eigenvalue weighted by atomic mass is 32.2. The van der Waals surface area contributed by atoms with Gasteiger partial charge in [-0.25, -0.2) is 0 Å². The molecule has 0 saturated carbocycles. The van der Waals surface area contributed by atoms with Crippen LogP contribution in [0.15, 0.2) is 0 Å². The highest BCUT2D eigenvalue weighted by Crippen LogP contribution is 2.27. The van der Waals surface area contributed by atoms with Gasteiger partial charge in [-0.3, -0.25) is 4.72 Å². The quantitative estimate of drug-likeness (QED) is 0.616.